The molecule has 0 amide bonds. The molecule has 4 aromatic heterocycles. The molecule has 0 saturated carbocycles. The quantitative estimate of drug-likeness (QED) is 0.175. The van der Waals surface area contributed by atoms with Crippen LogP contribution in [0, 0.1) is 0 Å². The number of aromatic nitrogens is 4. The maximum Gasteiger partial charge on any atom is 0.165 e. The number of nitrogens with zero attached hydrogens (tertiary/aromatic N) is 4. The zero-order valence-electron chi connectivity index (χ0n) is 30.4. The van der Waals surface area contributed by atoms with E-state index < -0.39 is 0 Å². The minimum atomic E-state index is 0.656. The second kappa shape index (κ2) is 12.8. The van der Waals surface area contributed by atoms with Crippen LogP contribution < -0.4 is 0 Å². The Kier molecular flexibility index (Phi) is 7.24. The zero-order chi connectivity index (χ0) is 37.5. The van der Waals surface area contributed by atoms with Gasteiger partial charge in [-0.15, -0.1) is 22.7 Å². The fraction of sp³-hybridized carbons (Fsp3) is 0. The molecule has 57 heavy (non-hydrogen) atoms. The Morgan fingerprint density at radius 3 is 1.81 bits per heavy atom. The summed E-state index contributed by atoms with van der Waals surface area (Å²) < 4.78 is 7.30. The van der Waals surface area contributed by atoms with E-state index in [2.05, 4.69) is 168 Å². The van der Waals surface area contributed by atoms with E-state index in [9.17, 15) is 0 Å². The SMILES string of the molecule is c1ccc(-c2nc(-c3ccc4c(c3)sc3cccc(-c5ccccc5)c34)nc(-c3cccc4c3sc3c4ccc4c5ccccc5n(-c5ccccc5)c43)n2)cc1. The number of fused-ring (bicyclic) bond motifs is 10. The Balaban J connectivity index is 1.08. The lowest BCUT2D eigenvalue weighted by Crippen LogP contribution is -2.00. The normalized spacial score (nSPS) is 11.9. The molecule has 0 N–H and O–H groups in total. The summed E-state index contributed by atoms with van der Waals surface area (Å²) in [4.78, 5) is 15.6. The molecule has 4 heterocycles. The van der Waals surface area contributed by atoms with Crippen molar-refractivity contribution in [3.63, 3.8) is 0 Å². The summed E-state index contributed by atoms with van der Waals surface area (Å²) in [6.07, 6.45) is 0. The van der Waals surface area contributed by atoms with Gasteiger partial charge in [-0.3, -0.25) is 0 Å². The van der Waals surface area contributed by atoms with Gasteiger partial charge in [-0.1, -0.05) is 146 Å². The highest BCUT2D eigenvalue weighted by atomic mass is 32.1. The minimum absolute atomic E-state index is 0.656. The van der Waals surface area contributed by atoms with Crippen molar-refractivity contribution in [2.45, 2.75) is 0 Å². The van der Waals surface area contributed by atoms with Crippen LogP contribution in [0.3, 0.4) is 0 Å². The summed E-state index contributed by atoms with van der Waals surface area (Å²) in [7, 11) is 0. The molecule has 266 valence electrons. The number of benzene rings is 8. The fourth-order valence-corrected chi connectivity index (χ4v) is 11.0. The van der Waals surface area contributed by atoms with Crippen LogP contribution >= 0.6 is 22.7 Å². The molecular formula is C51H30N4S2. The van der Waals surface area contributed by atoms with Gasteiger partial charge < -0.3 is 4.57 Å². The van der Waals surface area contributed by atoms with E-state index in [1.807, 2.05) is 40.9 Å². The second-order valence-corrected chi connectivity index (χ2v) is 16.4. The average Bonchev–Trinajstić information content (AvgIpc) is 3.96. The third-order valence-electron chi connectivity index (χ3n) is 11.1. The Hall–Kier alpha value is -6.99. The zero-order valence-corrected chi connectivity index (χ0v) is 32.1. The summed E-state index contributed by atoms with van der Waals surface area (Å²) in [6, 6.07) is 64.7. The molecule has 6 heteroatoms. The highest BCUT2D eigenvalue weighted by molar-refractivity contribution is 7.27. The lowest BCUT2D eigenvalue weighted by molar-refractivity contribution is 1.08. The number of hydrogen-bond donors (Lipinski definition) is 0. The number of hydrogen-bond acceptors (Lipinski definition) is 5. The Bertz CT molecular complexity index is 3510. The van der Waals surface area contributed by atoms with Crippen LogP contribution in [0.2, 0.25) is 0 Å². The van der Waals surface area contributed by atoms with Gasteiger partial charge in [0, 0.05) is 68.8 Å². The predicted octanol–water partition coefficient (Wildman–Crippen LogP) is 14.4. The number of para-hydroxylation sites is 2. The molecule has 0 aliphatic rings. The lowest BCUT2D eigenvalue weighted by atomic mass is 9.99. The maximum absolute atomic E-state index is 5.29. The molecule has 0 aliphatic carbocycles. The Morgan fingerprint density at radius 1 is 0.368 bits per heavy atom. The summed E-state index contributed by atoms with van der Waals surface area (Å²) in [5.41, 5.74) is 8.96. The first-order valence-corrected chi connectivity index (χ1v) is 20.7. The van der Waals surface area contributed by atoms with Crippen molar-refractivity contribution in [3.05, 3.63) is 182 Å². The van der Waals surface area contributed by atoms with E-state index in [1.54, 1.807) is 0 Å². The van der Waals surface area contributed by atoms with Gasteiger partial charge in [-0.2, -0.15) is 0 Å². The van der Waals surface area contributed by atoms with Gasteiger partial charge in [0.1, 0.15) is 0 Å². The van der Waals surface area contributed by atoms with Crippen LogP contribution in [0.4, 0.5) is 0 Å². The van der Waals surface area contributed by atoms with E-state index in [4.69, 9.17) is 15.0 Å². The van der Waals surface area contributed by atoms with Crippen molar-refractivity contribution in [2.75, 3.05) is 0 Å². The van der Waals surface area contributed by atoms with E-state index >= 15 is 0 Å². The standard InChI is InChI=1S/C51H30N4S2/c1-4-14-31(15-5-1)35-21-13-25-43-45(35)40-27-26-33(30-44(40)56-43)50-52-49(32-16-6-2-7-17-32)53-51(54-50)41-23-12-22-38-39-29-28-37-36-20-10-11-24-42(36)55(34-18-8-3-9-19-34)46(37)48(39)57-47(38)41/h1-30H. The molecule has 4 nitrogen and oxygen atoms in total. The van der Waals surface area contributed by atoms with Gasteiger partial charge in [-0.05, 0) is 47.5 Å². The monoisotopic (exact) mass is 762 g/mol. The van der Waals surface area contributed by atoms with Gasteiger partial charge >= 0.3 is 0 Å². The first-order valence-electron chi connectivity index (χ1n) is 19.0. The van der Waals surface area contributed by atoms with E-state index in [1.165, 1.54) is 68.6 Å². The molecule has 0 saturated heterocycles. The van der Waals surface area contributed by atoms with Crippen molar-refractivity contribution in [2.24, 2.45) is 0 Å². The average molecular weight is 763 g/mol. The van der Waals surface area contributed by atoms with Crippen molar-refractivity contribution < 1.29 is 0 Å². The van der Waals surface area contributed by atoms with Crippen molar-refractivity contribution in [1.29, 1.82) is 0 Å². The molecule has 12 rings (SSSR count). The van der Waals surface area contributed by atoms with Crippen LogP contribution in [0.15, 0.2) is 182 Å². The maximum atomic E-state index is 5.29. The molecule has 12 aromatic rings. The molecule has 0 aliphatic heterocycles. The largest absolute Gasteiger partial charge is 0.308 e. The smallest absolute Gasteiger partial charge is 0.165 e. The third-order valence-corrected chi connectivity index (χ3v) is 13.4. The molecule has 0 spiro atoms. The van der Waals surface area contributed by atoms with Gasteiger partial charge in [0.05, 0.1) is 15.7 Å². The summed E-state index contributed by atoms with van der Waals surface area (Å²) in [5, 5.41) is 7.45. The second-order valence-electron chi connectivity index (χ2n) is 14.3. The van der Waals surface area contributed by atoms with E-state index in [-0.39, 0.29) is 0 Å². The number of rotatable bonds is 5. The summed E-state index contributed by atoms with van der Waals surface area (Å²) in [6.45, 7) is 0. The molecule has 0 bridgehead atoms. The molecule has 0 unspecified atom stereocenters. The highest BCUT2D eigenvalue weighted by Crippen LogP contribution is 2.46. The van der Waals surface area contributed by atoms with Crippen molar-refractivity contribution >= 4 is 84.8 Å². The summed E-state index contributed by atoms with van der Waals surface area (Å²) >= 11 is 3.64. The Morgan fingerprint density at radius 2 is 0.982 bits per heavy atom. The number of thiophene rings is 2. The third kappa shape index (κ3) is 5.08. The van der Waals surface area contributed by atoms with Crippen LogP contribution in [-0.4, -0.2) is 19.5 Å². The molecular weight excluding hydrogens is 733 g/mol. The first kappa shape index (κ1) is 32.3. The van der Waals surface area contributed by atoms with Crippen LogP contribution in [0.25, 0.3) is 113 Å². The molecule has 0 atom stereocenters. The minimum Gasteiger partial charge on any atom is -0.308 e. The van der Waals surface area contributed by atoms with E-state index in [0.717, 1.165) is 27.1 Å². The Labute approximate surface area is 335 Å². The topological polar surface area (TPSA) is 43.6 Å². The van der Waals surface area contributed by atoms with Crippen LogP contribution in [0.1, 0.15) is 0 Å². The van der Waals surface area contributed by atoms with Crippen molar-refractivity contribution in [3.8, 4) is 51.0 Å². The van der Waals surface area contributed by atoms with Crippen molar-refractivity contribution in [1.82, 2.24) is 19.5 Å². The van der Waals surface area contributed by atoms with E-state index in [0.29, 0.717) is 17.5 Å². The van der Waals surface area contributed by atoms with Gasteiger partial charge in [0.25, 0.3) is 0 Å². The van der Waals surface area contributed by atoms with Crippen LogP contribution in [0.5, 0.6) is 0 Å². The van der Waals surface area contributed by atoms with Gasteiger partial charge in [0.15, 0.2) is 17.5 Å². The van der Waals surface area contributed by atoms with Crippen LogP contribution in [-0.2, 0) is 0 Å². The van der Waals surface area contributed by atoms with Gasteiger partial charge in [-0.25, -0.2) is 15.0 Å². The lowest BCUT2D eigenvalue weighted by Gasteiger charge is -2.09. The first-order chi connectivity index (χ1) is 28.3. The highest BCUT2D eigenvalue weighted by Gasteiger charge is 2.21. The fourth-order valence-electron chi connectivity index (χ4n) is 8.49. The molecule has 0 fully saturated rings. The molecule has 8 aromatic carbocycles. The summed E-state index contributed by atoms with van der Waals surface area (Å²) in [5.74, 6) is 1.98. The molecule has 0 radical (unpaired) electrons. The van der Waals surface area contributed by atoms with Gasteiger partial charge in [0.2, 0.25) is 0 Å². The predicted molar refractivity (Wildman–Crippen MR) is 242 cm³/mol.